The van der Waals surface area contributed by atoms with Crippen LogP contribution in [0.4, 0.5) is 13.2 Å². The molecule has 2 aromatic carbocycles. The molecule has 9 heteroatoms. The monoisotopic (exact) mass is 366 g/mol. The zero-order valence-electron chi connectivity index (χ0n) is 11.0. The van der Waals surface area contributed by atoms with Crippen LogP contribution in [0, 0.1) is 5.82 Å². The lowest BCUT2D eigenvalue weighted by atomic mass is 10.2. The van der Waals surface area contributed by atoms with Crippen molar-refractivity contribution in [2.24, 2.45) is 0 Å². The van der Waals surface area contributed by atoms with Gasteiger partial charge in [0.05, 0.1) is 10.6 Å². The fourth-order valence-electron chi connectivity index (χ4n) is 1.64. The molecule has 0 radical (unpaired) electrons. The lowest BCUT2D eigenvalue weighted by Gasteiger charge is -2.13. The summed E-state index contributed by atoms with van der Waals surface area (Å²) in [6.45, 7) is -3.13. The summed E-state index contributed by atoms with van der Waals surface area (Å²) in [5.41, 5.74) is -0.650. The van der Waals surface area contributed by atoms with Gasteiger partial charge in [-0.15, -0.1) is 0 Å². The summed E-state index contributed by atoms with van der Waals surface area (Å²) in [5, 5.41) is 8.68. The Morgan fingerprint density at radius 3 is 2.39 bits per heavy atom. The molecule has 1 N–H and O–H groups in total. The van der Waals surface area contributed by atoms with E-state index in [4.69, 9.17) is 33.0 Å². The molecule has 0 saturated heterocycles. The fourth-order valence-corrected chi connectivity index (χ4v) is 2.01. The van der Waals surface area contributed by atoms with Crippen LogP contribution in [0.5, 0.6) is 17.2 Å². The average Bonchev–Trinajstić information content (AvgIpc) is 2.44. The van der Waals surface area contributed by atoms with Gasteiger partial charge in [0.1, 0.15) is 11.6 Å². The standard InChI is InChI=1S/C14H7Cl2F3O4/c15-6-1-2-10(12(3-6)23-14(18)19)22-11-5-9(17)7(13(20)21)4-8(11)16/h1-5,14H,(H,20,21). The largest absolute Gasteiger partial charge is 0.478 e. The van der Waals surface area contributed by atoms with Crippen molar-refractivity contribution < 1.29 is 32.5 Å². The van der Waals surface area contributed by atoms with Gasteiger partial charge < -0.3 is 14.6 Å². The average molecular weight is 367 g/mol. The normalized spacial score (nSPS) is 10.7. The first kappa shape index (κ1) is 17.2. The summed E-state index contributed by atoms with van der Waals surface area (Å²) < 4.78 is 47.9. The number of hydrogen-bond acceptors (Lipinski definition) is 3. The van der Waals surface area contributed by atoms with Crippen molar-refractivity contribution in [2.75, 3.05) is 0 Å². The second-order valence-corrected chi connectivity index (χ2v) is 4.98. The lowest BCUT2D eigenvalue weighted by Crippen LogP contribution is -2.04. The van der Waals surface area contributed by atoms with Crippen LogP contribution in [-0.2, 0) is 0 Å². The Bertz CT molecular complexity index is 753. The highest BCUT2D eigenvalue weighted by molar-refractivity contribution is 6.32. The minimum Gasteiger partial charge on any atom is -0.478 e. The van der Waals surface area contributed by atoms with Crippen LogP contribution in [-0.4, -0.2) is 17.7 Å². The molecule has 0 aliphatic rings. The number of hydrogen-bond donors (Lipinski definition) is 1. The molecule has 0 aliphatic heterocycles. The molecule has 0 bridgehead atoms. The van der Waals surface area contributed by atoms with E-state index < -0.39 is 24.0 Å². The molecular formula is C14H7Cl2F3O4. The minimum absolute atomic E-state index is 0.117. The molecule has 0 spiro atoms. The smallest absolute Gasteiger partial charge is 0.387 e. The van der Waals surface area contributed by atoms with Crippen molar-refractivity contribution in [3.8, 4) is 17.2 Å². The third-order valence-corrected chi connectivity index (χ3v) is 3.12. The predicted molar refractivity (Wildman–Crippen MR) is 76.5 cm³/mol. The van der Waals surface area contributed by atoms with Crippen molar-refractivity contribution in [3.05, 3.63) is 51.8 Å². The molecule has 23 heavy (non-hydrogen) atoms. The van der Waals surface area contributed by atoms with E-state index in [0.29, 0.717) is 0 Å². The molecule has 2 rings (SSSR count). The Kier molecular flexibility index (Phi) is 5.23. The molecular weight excluding hydrogens is 360 g/mol. The van der Waals surface area contributed by atoms with Crippen molar-refractivity contribution in [2.45, 2.75) is 6.61 Å². The van der Waals surface area contributed by atoms with E-state index in [9.17, 15) is 18.0 Å². The number of alkyl halides is 2. The first-order chi connectivity index (χ1) is 10.8. The number of halogens is 5. The van der Waals surface area contributed by atoms with Crippen LogP contribution in [0.3, 0.4) is 0 Å². The van der Waals surface area contributed by atoms with Crippen LogP contribution in [0.15, 0.2) is 30.3 Å². The number of carbonyl (C=O) groups is 1. The highest BCUT2D eigenvalue weighted by atomic mass is 35.5. The highest BCUT2D eigenvalue weighted by Gasteiger charge is 2.18. The van der Waals surface area contributed by atoms with Crippen LogP contribution < -0.4 is 9.47 Å². The Balaban J connectivity index is 2.39. The van der Waals surface area contributed by atoms with E-state index >= 15 is 0 Å². The zero-order chi connectivity index (χ0) is 17.1. The van der Waals surface area contributed by atoms with Crippen LogP contribution in [0.25, 0.3) is 0 Å². The molecule has 2 aromatic rings. The summed E-state index contributed by atoms with van der Waals surface area (Å²) >= 11 is 11.5. The van der Waals surface area contributed by atoms with Gasteiger partial charge in [0, 0.05) is 17.2 Å². The Morgan fingerprint density at radius 1 is 1.09 bits per heavy atom. The summed E-state index contributed by atoms with van der Waals surface area (Å²) in [7, 11) is 0. The fraction of sp³-hybridized carbons (Fsp3) is 0.0714. The first-order valence-electron chi connectivity index (χ1n) is 5.92. The van der Waals surface area contributed by atoms with Crippen LogP contribution in [0.1, 0.15) is 10.4 Å². The Morgan fingerprint density at radius 2 is 1.78 bits per heavy atom. The third-order valence-electron chi connectivity index (χ3n) is 2.59. The van der Waals surface area contributed by atoms with Crippen molar-refractivity contribution in [1.29, 1.82) is 0 Å². The second kappa shape index (κ2) is 6.97. The van der Waals surface area contributed by atoms with Crippen molar-refractivity contribution >= 4 is 29.2 Å². The van der Waals surface area contributed by atoms with Gasteiger partial charge in [-0.05, 0) is 18.2 Å². The molecule has 0 unspecified atom stereocenters. The molecule has 4 nitrogen and oxygen atoms in total. The number of benzene rings is 2. The topological polar surface area (TPSA) is 55.8 Å². The van der Waals surface area contributed by atoms with E-state index in [1.54, 1.807) is 0 Å². The maximum Gasteiger partial charge on any atom is 0.387 e. The summed E-state index contributed by atoms with van der Waals surface area (Å²) in [6.07, 6.45) is 0. The molecule has 0 heterocycles. The van der Waals surface area contributed by atoms with Gasteiger partial charge >= 0.3 is 12.6 Å². The molecule has 0 fully saturated rings. The number of aromatic carboxylic acids is 1. The second-order valence-electron chi connectivity index (χ2n) is 4.14. The molecule has 0 aromatic heterocycles. The Hall–Kier alpha value is -2.12. The molecule has 122 valence electrons. The summed E-state index contributed by atoms with van der Waals surface area (Å²) in [5.74, 6) is -3.45. The van der Waals surface area contributed by atoms with Crippen LogP contribution in [0.2, 0.25) is 10.0 Å². The molecule has 0 amide bonds. The maximum absolute atomic E-state index is 13.7. The van der Waals surface area contributed by atoms with Gasteiger partial charge in [-0.1, -0.05) is 23.2 Å². The summed E-state index contributed by atoms with van der Waals surface area (Å²) in [4.78, 5) is 10.8. The first-order valence-corrected chi connectivity index (χ1v) is 6.68. The SMILES string of the molecule is O=C(O)c1cc(Cl)c(Oc2ccc(Cl)cc2OC(F)F)cc1F. The number of rotatable bonds is 5. The number of ether oxygens (including phenoxy) is 2. The van der Waals surface area contributed by atoms with Crippen molar-refractivity contribution in [3.63, 3.8) is 0 Å². The van der Waals surface area contributed by atoms with Gasteiger partial charge in [0.15, 0.2) is 11.5 Å². The highest BCUT2D eigenvalue weighted by Crippen LogP contribution is 2.38. The van der Waals surface area contributed by atoms with E-state index in [1.807, 2.05) is 0 Å². The quantitative estimate of drug-likeness (QED) is 0.787. The third kappa shape index (κ3) is 4.20. The molecule has 0 atom stereocenters. The number of carboxylic acid groups (broad SMARTS) is 1. The predicted octanol–water partition coefficient (Wildman–Crippen LogP) is 5.22. The lowest BCUT2D eigenvalue weighted by molar-refractivity contribution is -0.0510. The Labute approximate surface area is 138 Å². The summed E-state index contributed by atoms with van der Waals surface area (Å²) in [6, 6.07) is 5.22. The number of carboxylic acids is 1. The van der Waals surface area contributed by atoms with Gasteiger partial charge in [0.2, 0.25) is 0 Å². The van der Waals surface area contributed by atoms with E-state index in [2.05, 4.69) is 4.74 Å². The molecule has 0 aliphatic carbocycles. The van der Waals surface area contributed by atoms with Gasteiger partial charge in [0.25, 0.3) is 0 Å². The maximum atomic E-state index is 13.7. The minimum atomic E-state index is -3.13. The van der Waals surface area contributed by atoms with Gasteiger partial charge in [-0.3, -0.25) is 0 Å². The van der Waals surface area contributed by atoms with Gasteiger partial charge in [-0.2, -0.15) is 8.78 Å². The van der Waals surface area contributed by atoms with Crippen LogP contribution >= 0.6 is 23.2 Å². The van der Waals surface area contributed by atoms with E-state index in [0.717, 1.165) is 18.2 Å². The van der Waals surface area contributed by atoms with E-state index in [-0.39, 0.29) is 27.3 Å². The zero-order valence-corrected chi connectivity index (χ0v) is 12.5. The molecule has 0 saturated carbocycles. The van der Waals surface area contributed by atoms with Gasteiger partial charge in [-0.25, -0.2) is 9.18 Å². The van der Waals surface area contributed by atoms with E-state index in [1.165, 1.54) is 12.1 Å². The van der Waals surface area contributed by atoms with Crippen molar-refractivity contribution in [1.82, 2.24) is 0 Å².